The van der Waals surface area contributed by atoms with E-state index in [0.29, 0.717) is 18.4 Å². The molecule has 0 saturated heterocycles. The molecule has 0 heterocycles. The number of rotatable bonds is 3. The van der Waals surface area contributed by atoms with Gasteiger partial charge in [0.1, 0.15) is 0 Å². The molecule has 0 aromatic carbocycles. The molecule has 13 heavy (non-hydrogen) atoms. The molecule has 0 bridgehead atoms. The average molecular weight is 186 g/mol. The molecule has 0 aromatic heterocycles. The van der Waals surface area contributed by atoms with Gasteiger partial charge in [0.05, 0.1) is 0 Å². The van der Waals surface area contributed by atoms with Crippen LogP contribution in [0, 0.1) is 11.8 Å². The minimum Gasteiger partial charge on any atom is -0.396 e. The summed E-state index contributed by atoms with van der Waals surface area (Å²) >= 11 is 0. The number of aliphatic hydroxyl groups is 1. The fraction of sp³-hybridized carbons (Fsp3) is 0.889. The molecular formula is C9H18N2O2. The lowest BCUT2D eigenvalue weighted by Crippen LogP contribution is -2.35. The third-order valence-corrected chi connectivity index (χ3v) is 2.71. The second-order valence-corrected chi connectivity index (χ2v) is 3.83. The van der Waals surface area contributed by atoms with Crippen LogP contribution < -0.4 is 11.1 Å². The molecule has 1 fully saturated rings. The number of urea groups is 1. The summed E-state index contributed by atoms with van der Waals surface area (Å²) in [4.78, 5) is 10.5. The van der Waals surface area contributed by atoms with Crippen molar-refractivity contribution in [3.8, 4) is 0 Å². The number of aliphatic hydroxyl groups excluding tert-OH is 1. The van der Waals surface area contributed by atoms with Crippen molar-refractivity contribution >= 4 is 6.03 Å². The van der Waals surface area contributed by atoms with Crippen molar-refractivity contribution in [3.05, 3.63) is 0 Å². The normalized spacial score (nSPS) is 28.4. The number of nitrogens with two attached hydrogens (primary N) is 1. The summed E-state index contributed by atoms with van der Waals surface area (Å²) < 4.78 is 0. The molecule has 76 valence electrons. The maximum absolute atomic E-state index is 10.5. The molecule has 1 saturated carbocycles. The Morgan fingerprint density at radius 2 is 2.15 bits per heavy atom. The third-order valence-electron chi connectivity index (χ3n) is 2.71. The third kappa shape index (κ3) is 3.63. The largest absolute Gasteiger partial charge is 0.396 e. The van der Waals surface area contributed by atoms with Crippen molar-refractivity contribution in [3.63, 3.8) is 0 Å². The molecule has 2 amide bonds. The van der Waals surface area contributed by atoms with Crippen LogP contribution in [0.25, 0.3) is 0 Å². The molecule has 1 rings (SSSR count). The van der Waals surface area contributed by atoms with Gasteiger partial charge in [0.15, 0.2) is 0 Å². The van der Waals surface area contributed by atoms with Gasteiger partial charge < -0.3 is 16.2 Å². The van der Waals surface area contributed by atoms with Gasteiger partial charge in [-0.25, -0.2) is 4.79 Å². The number of hydrogen-bond donors (Lipinski definition) is 3. The number of primary amides is 1. The van der Waals surface area contributed by atoms with Crippen molar-refractivity contribution in [1.82, 2.24) is 5.32 Å². The zero-order valence-corrected chi connectivity index (χ0v) is 7.83. The Kier molecular flexibility index (Phi) is 4.02. The molecule has 2 unspecified atom stereocenters. The minimum atomic E-state index is -0.453. The van der Waals surface area contributed by atoms with Crippen LogP contribution in [-0.4, -0.2) is 24.3 Å². The van der Waals surface area contributed by atoms with Crippen LogP contribution in [0.1, 0.15) is 25.7 Å². The smallest absolute Gasteiger partial charge is 0.312 e. The van der Waals surface area contributed by atoms with Crippen LogP contribution in [0.2, 0.25) is 0 Å². The molecule has 0 aliphatic heterocycles. The van der Waals surface area contributed by atoms with E-state index >= 15 is 0 Å². The first-order valence-corrected chi connectivity index (χ1v) is 4.86. The van der Waals surface area contributed by atoms with Crippen LogP contribution in [0.3, 0.4) is 0 Å². The Labute approximate surface area is 78.5 Å². The second kappa shape index (κ2) is 5.07. The van der Waals surface area contributed by atoms with Gasteiger partial charge in [-0.3, -0.25) is 0 Å². The molecule has 0 radical (unpaired) electrons. The van der Waals surface area contributed by atoms with Crippen LogP contribution in [0.4, 0.5) is 4.79 Å². The van der Waals surface area contributed by atoms with E-state index in [4.69, 9.17) is 10.8 Å². The summed E-state index contributed by atoms with van der Waals surface area (Å²) in [5.41, 5.74) is 4.98. The summed E-state index contributed by atoms with van der Waals surface area (Å²) in [5, 5.41) is 11.6. The molecule has 4 nitrogen and oxygen atoms in total. The predicted molar refractivity (Wildman–Crippen MR) is 50.1 cm³/mol. The van der Waals surface area contributed by atoms with Crippen molar-refractivity contribution in [2.75, 3.05) is 13.2 Å². The van der Waals surface area contributed by atoms with Gasteiger partial charge in [0.2, 0.25) is 0 Å². The topological polar surface area (TPSA) is 75.4 Å². The van der Waals surface area contributed by atoms with E-state index in [2.05, 4.69) is 5.32 Å². The summed E-state index contributed by atoms with van der Waals surface area (Å²) in [6.07, 6.45) is 4.41. The lowest BCUT2D eigenvalue weighted by molar-refractivity contribution is 0.160. The molecule has 4 heteroatoms. The number of carbonyl (C=O) groups excluding carboxylic acids is 1. The fourth-order valence-electron chi connectivity index (χ4n) is 2.00. The maximum Gasteiger partial charge on any atom is 0.312 e. The van der Waals surface area contributed by atoms with Crippen molar-refractivity contribution in [2.24, 2.45) is 17.6 Å². The Morgan fingerprint density at radius 3 is 2.77 bits per heavy atom. The Bertz CT molecular complexity index is 173. The summed E-state index contributed by atoms with van der Waals surface area (Å²) in [6.45, 7) is 0.929. The zero-order chi connectivity index (χ0) is 9.68. The Morgan fingerprint density at radius 1 is 1.46 bits per heavy atom. The highest BCUT2D eigenvalue weighted by molar-refractivity contribution is 5.71. The number of amides is 2. The molecule has 0 aromatic rings. The molecular weight excluding hydrogens is 168 g/mol. The first kappa shape index (κ1) is 10.3. The van der Waals surface area contributed by atoms with Gasteiger partial charge in [-0.2, -0.15) is 0 Å². The SMILES string of the molecule is NC(=O)NCC1CCCC(CO)C1. The predicted octanol–water partition coefficient (Wildman–Crippen LogP) is 0.453. The van der Waals surface area contributed by atoms with Crippen LogP contribution in [-0.2, 0) is 0 Å². The first-order chi connectivity index (χ1) is 6.22. The fourth-order valence-corrected chi connectivity index (χ4v) is 2.00. The molecule has 2 atom stereocenters. The molecule has 0 spiro atoms. The zero-order valence-electron chi connectivity index (χ0n) is 7.83. The molecule has 1 aliphatic rings. The summed E-state index contributed by atoms with van der Waals surface area (Å²) in [5.74, 6) is 0.923. The van der Waals surface area contributed by atoms with E-state index in [-0.39, 0.29) is 6.61 Å². The van der Waals surface area contributed by atoms with Crippen molar-refractivity contribution < 1.29 is 9.90 Å². The van der Waals surface area contributed by atoms with Crippen LogP contribution in [0.5, 0.6) is 0 Å². The summed E-state index contributed by atoms with van der Waals surface area (Å²) in [6, 6.07) is -0.453. The monoisotopic (exact) mass is 186 g/mol. The number of carbonyl (C=O) groups is 1. The summed E-state index contributed by atoms with van der Waals surface area (Å²) in [7, 11) is 0. The number of hydrogen-bond acceptors (Lipinski definition) is 2. The number of nitrogens with one attached hydrogen (secondary N) is 1. The van der Waals surface area contributed by atoms with Crippen LogP contribution >= 0.6 is 0 Å². The van der Waals surface area contributed by atoms with Crippen LogP contribution in [0.15, 0.2) is 0 Å². The molecule has 1 aliphatic carbocycles. The van der Waals surface area contributed by atoms with E-state index in [1.54, 1.807) is 0 Å². The Hall–Kier alpha value is -0.770. The highest BCUT2D eigenvalue weighted by Crippen LogP contribution is 2.27. The van der Waals surface area contributed by atoms with Gasteiger partial charge in [-0.05, 0) is 31.1 Å². The van der Waals surface area contributed by atoms with E-state index in [1.165, 1.54) is 0 Å². The highest BCUT2D eigenvalue weighted by Gasteiger charge is 2.21. The minimum absolute atomic E-state index is 0.271. The lowest BCUT2D eigenvalue weighted by atomic mass is 9.82. The highest BCUT2D eigenvalue weighted by atomic mass is 16.3. The van der Waals surface area contributed by atoms with Crippen molar-refractivity contribution in [2.45, 2.75) is 25.7 Å². The van der Waals surface area contributed by atoms with Gasteiger partial charge >= 0.3 is 6.03 Å². The van der Waals surface area contributed by atoms with Gasteiger partial charge in [-0.1, -0.05) is 6.42 Å². The van der Waals surface area contributed by atoms with Gasteiger partial charge in [0, 0.05) is 13.2 Å². The van der Waals surface area contributed by atoms with Gasteiger partial charge in [0.25, 0.3) is 0 Å². The average Bonchev–Trinajstić information content (AvgIpc) is 2.15. The molecule has 4 N–H and O–H groups in total. The standard InChI is InChI=1S/C9H18N2O2/c10-9(13)11-5-7-2-1-3-8(4-7)6-12/h7-8,12H,1-6H2,(H3,10,11,13). The van der Waals surface area contributed by atoms with E-state index < -0.39 is 6.03 Å². The van der Waals surface area contributed by atoms with E-state index in [1.807, 2.05) is 0 Å². The lowest BCUT2D eigenvalue weighted by Gasteiger charge is -2.27. The maximum atomic E-state index is 10.5. The Balaban J connectivity index is 2.21. The van der Waals surface area contributed by atoms with E-state index in [0.717, 1.165) is 25.7 Å². The van der Waals surface area contributed by atoms with E-state index in [9.17, 15) is 4.79 Å². The quantitative estimate of drug-likeness (QED) is 0.598. The first-order valence-electron chi connectivity index (χ1n) is 4.86. The van der Waals surface area contributed by atoms with Gasteiger partial charge in [-0.15, -0.1) is 0 Å². The van der Waals surface area contributed by atoms with Crippen molar-refractivity contribution in [1.29, 1.82) is 0 Å². The second-order valence-electron chi connectivity index (χ2n) is 3.83.